The average molecular weight is 317 g/mol. The van der Waals surface area contributed by atoms with Crippen LogP contribution in [0.2, 0.25) is 0 Å². The second-order valence-electron chi connectivity index (χ2n) is 4.93. The standard InChI is InChI=1S/C17H19NO5/c1-4-9-22-14-8-6-5-7-12(14)13-10-11(2)15(16(19)18-13)23-17(20)21-3/h5-8,10H,4,9H2,1-3H3,(H,18,19). The Bertz CT molecular complexity index is 751. The number of benzene rings is 1. The van der Waals surface area contributed by atoms with Crippen LogP contribution in [0.5, 0.6) is 11.5 Å². The molecule has 0 unspecified atom stereocenters. The van der Waals surface area contributed by atoms with Crippen molar-refractivity contribution >= 4 is 6.16 Å². The summed E-state index contributed by atoms with van der Waals surface area (Å²) in [6.07, 6.45) is -0.0477. The Morgan fingerprint density at radius 2 is 2.00 bits per heavy atom. The first kappa shape index (κ1) is 16.6. The molecule has 6 nitrogen and oxygen atoms in total. The zero-order chi connectivity index (χ0) is 16.8. The van der Waals surface area contributed by atoms with Gasteiger partial charge in [-0.25, -0.2) is 4.79 Å². The summed E-state index contributed by atoms with van der Waals surface area (Å²) in [5.74, 6) is 0.610. The van der Waals surface area contributed by atoms with E-state index in [9.17, 15) is 9.59 Å². The Morgan fingerprint density at radius 1 is 1.26 bits per heavy atom. The molecule has 0 bridgehead atoms. The summed E-state index contributed by atoms with van der Waals surface area (Å²) in [4.78, 5) is 26.1. The highest BCUT2D eigenvalue weighted by molar-refractivity contribution is 5.69. The lowest BCUT2D eigenvalue weighted by atomic mass is 10.1. The molecule has 0 atom stereocenters. The van der Waals surface area contributed by atoms with Gasteiger partial charge in [-0.05, 0) is 37.1 Å². The summed E-state index contributed by atoms with van der Waals surface area (Å²) in [6, 6.07) is 9.16. The Balaban J connectivity index is 2.42. The summed E-state index contributed by atoms with van der Waals surface area (Å²) in [5.41, 5.74) is 1.39. The summed E-state index contributed by atoms with van der Waals surface area (Å²) in [7, 11) is 1.18. The van der Waals surface area contributed by atoms with Gasteiger partial charge in [0.1, 0.15) is 5.75 Å². The number of H-pyrrole nitrogens is 1. The van der Waals surface area contributed by atoms with Crippen molar-refractivity contribution < 1.29 is 19.0 Å². The number of aromatic amines is 1. The van der Waals surface area contributed by atoms with E-state index in [0.717, 1.165) is 12.0 Å². The third-order valence-electron chi connectivity index (χ3n) is 3.16. The number of para-hydroxylation sites is 1. The molecule has 0 spiro atoms. The third-order valence-corrected chi connectivity index (χ3v) is 3.16. The molecule has 1 heterocycles. The summed E-state index contributed by atoms with van der Waals surface area (Å²) >= 11 is 0. The maximum Gasteiger partial charge on any atom is 0.513 e. The van der Waals surface area contributed by atoms with E-state index in [1.165, 1.54) is 7.11 Å². The van der Waals surface area contributed by atoms with Crippen LogP contribution in [-0.2, 0) is 4.74 Å². The molecule has 0 amide bonds. The van der Waals surface area contributed by atoms with Crippen LogP contribution in [0.3, 0.4) is 0 Å². The van der Waals surface area contributed by atoms with Gasteiger partial charge in [-0.15, -0.1) is 0 Å². The number of methoxy groups -OCH3 is 1. The van der Waals surface area contributed by atoms with E-state index in [1.807, 2.05) is 31.2 Å². The minimum absolute atomic E-state index is 0.0763. The molecule has 0 radical (unpaired) electrons. The lowest BCUT2D eigenvalue weighted by Crippen LogP contribution is -2.18. The fourth-order valence-corrected chi connectivity index (χ4v) is 2.10. The molecule has 122 valence electrons. The molecule has 2 aromatic rings. The topological polar surface area (TPSA) is 77.6 Å². The first-order valence-corrected chi connectivity index (χ1v) is 7.28. The van der Waals surface area contributed by atoms with E-state index < -0.39 is 11.7 Å². The van der Waals surface area contributed by atoms with Gasteiger partial charge in [0.05, 0.1) is 19.4 Å². The van der Waals surface area contributed by atoms with E-state index >= 15 is 0 Å². The second kappa shape index (κ2) is 7.49. The lowest BCUT2D eigenvalue weighted by Gasteiger charge is -2.12. The monoisotopic (exact) mass is 317 g/mol. The predicted octanol–water partition coefficient (Wildman–Crippen LogP) is 3.28. The molecular formula is C17H19NO5. The summed E-state index contributed by atoms with van der Waals surface area (Å²) in [5, 5.41) is 0. The van der Waals surface area contributed by atoms with E-state index in [4.69, 9.17) is 9.47 Å². The number of pyridine rings is 1. The number of nitrogens with one attached hydrogen (secondary N) is 1. The molecular weight excluding hydrogens is 298 g/mol. The van der Waals surface area contributed by atoms with Crippen molar-refractivity contribution in [2.75, 3.05) is 13.7 Å². The first-order valence-electron chi connectivity index (χ1n) is 7.28. The smallest absolute Gasteiger partial charge is 0.493 e. The zero-order valence-electron chi connectivity index (χ0n) is 13.3. The Labute approximate surface area is 134 Å². The van der Waals surface area contributed by atoms with Gasteiger partial charge in [0.25, 0.3) is 5.56 Å². The van der Waals surface area contributed by atoms with Crippen molar-refractivity contribution in [2.45, 2.75) is 20.3 Å². The fourth-order valence-electron chi connectivity index (χ4n) is 2.10. The molecule has 0 fully saturated rings. The minimum atomic E-state index is -0.932. The van der Waals surface area contributed by atoms with Crippen molar-refractivity contribution in [2.24, 2.45) is 0 Å². The highest BCUT2D eigenvalue weighted by Crippen LogP contribution is 2.29. The maximum atomic E-state index is 12.2. The van der Waals surface area contributed by atoms with Gasteiger partial charge in [0.2, 0.25) is 5.75 Å². The quantitative estimate of drug-likeness (QED) is 0.856. The maximum absolute atomic E-state index is 12.2. The van der Waals surface area contributed by atoms with Gasteiger partial charge in [0.15, 0.2) is 0 Å². The lowest BCUT2D eigenvalue weighted by molar-refractivity contribution is 0.120. The molecule has 2 rings (SSSR count). The number of carbonyl (C=O) groups is 1. The van der Waals surface area contributed by atoms with Crippen LogP contribution in [0.4, 0.5) is 4.79 Å². The molecule has 1 aromatic carbocycles. The Kier molecular flexibility index (Phi) is 5.41. The molecule has 1 N–H and O–H groups in total. The Morgan fingerprint density at radius 3 is 2.65 bits per heavy atom. The van der Waals surface area contributed by atoms with E-state index in [1.54, 1.807) is 13.0 Å². The molecule has 1 aromatic heterocycles. The van der Waals surface area contributed by atoms with Gasteiger partial charge in [-0.1, -0.05) is 19.1 Å². The largest absolute Gasteiger partial charge is 0.513 e. The van der Waals surface area contributed by atoms with Crippen LogP contribution in [0.25, 0.3) is 11.3 Å². The number of aromatic nitrogens is 1. The second-order valence-corrected chi connectivity index (χ2v) is 4.93. The van der Waals surface area contributed by atoms with E-state index in [-0.39, 0.29) is 5.75 Å². The summed E-state index contributed by atoms with van der Waals surface area (Å²) < 4.78 is 15.0. The molecule has 0 saturated heterocycles. The van der Waals surface area contributed by atoms with Gasteiger partial charge >= 0.3 is 6.16 Å². The summed E-state index contributed by atoms with van der Waals surface area (Å²) in [6.45, 7) is 4.30. The van der Waals surface area contributed by atoms with Gasteiger partial charge in [0, 0.05) is 5.56 Å². The number of rotatable bonds is 5. The van der Waals surface area contributed by atoms with Crippen molar-refractivity contribution in [1.29, 1.82) is 0 Å². The normalized spacial score (nSPS) is 10.2. The average Bonchev–Trinajstić information content (AvgIpc) is 2.56. The van der Waals surface area contributed by atoms with Crippen molar-refractivity contribution in [3.8, 4) is 22.8 Å². The fraction of sp³-hybridized carbons (Fsp3) is 0.294. The van der Waals surface area contributed by atoms with Crippen LogP contribution < -0.4 is 15.0 Å². The van der Waals surface area contributed by atoms with Crippen LogP contribution in [0.15, 0.2) is 35.1 Å². The van der Waals surface area contributed by atoms with Crippen molar-refractivity contribution in [3.05, 3.63) is 46.2 Å². The molecule has 6 heteroatoms. The zero-order valence-corrected chi connectivity index (χ0v) is 13.3. The number of aryl methyl sites for hydroxylation is 1. The molecule has 0 aliphatic rings. The molecule has 0 aliphatic heterocycles. The van der Waals surface area contributed by atoms with Gasteiger partial charge < -0.3 is 19.2 Å². The van der Waals surface area contributed by atoms with Crippen LogP contribution in [0.1, 0.15) is 18.9 Å². The highest BCUT2D eigenvalue weighted by Gasteiger charge is 2.15. The van der Waals surface area contributed by atoms with Crippen LogP contribution in [0, 0.1) is 6.92 Å². The van der Waals surface area contributed by atoms with E-state index in [0.29, 0.717) is 23.6 Å². The molecule has 0 aliphatic carbocycles. The molecule has 23 heavy (non-hydrogen) atoms. The SMILES string of the molecule is CCCOc1ccccc1-c1cc(C)c(OC(=O)OC)c(=O)[nH]1. The number of hydrogen-bond acceptors (Lipinski definition) is 5. The van der Waals surface area contributed by atoms with Crippen LogP contribution in [-0.4, -0.2) is 24.9 Å². The van der Waals surface area contributed by atoms with Crippen molar-refractivity contribution in [1.82, 2.24) is 4.98 Å². The van der Waals surface area contributed by atoms with Gasteiger partial charge in [-0.2, -0.15) is 0 Å². The Hall–Kier alpha value is -2.76. The van der Waals surface area contributed by atoms with E-state index in [2.05, 4.69) is 9.72 Å². The molecule has 0 saturated carbocycles. The van der Waals surface area contributed by atoms with Crippen molar-refractivity contribution in [3.63, 3.8) is 0 Å². The number of ether oxygens (including phenoxy) is 3. The number of hydrogen-bond donors (Lipinski definition) is 1. The van der Waals surface area contributed by atoms with Gasteiger partial charge in [-0.3, -0.25) is 4.79 Å². The number of carbonyl (C=O) groups excluding carboxylic acids is 1. The minimum Gasteiger partial charge on any atom is -0.493 e. The highest BCUT2D eigenvalue weighted by atomic mass is 16.7. The first-order chi connectivity index (χ1) is 11.1. The predicted molar refractivity (Wildman–Crippen MR) is 86.1 cm³/mol. The third kappa shape index (κ3) is 3.91. The van der Waals surface area contributed by atoms with Crippen LogP contribution >= 0.6 is 0 Å².